The highest BCUT2D eigenvalue weighted by Gasteiger charge is 2.36. The van der Waals surface area contributed by atoms with Crippen molar-refractivity contribution < 1.29 is 19.2 Å². The van der Waals surface area contributed by atoms with Gasteiger partial charge < -0.3 is 10.1 Å². The van der Waals surface area contributed by atoms with Gasteiger partial charge in [-0.1, -0.05) is 6.92 Å². The van der Waals surface area contributed by atoms with E-state index in [0.717, 1.165) is 29.7 Å². The lowest BCUT2D eigenvalue weighted by Gasteiger charge is -2.33. The van der Waals surface area contributed by atoms with Crippen molar-refractivity contribution in [3.63, 3.8) is 0 Å². The average molecular weight is 426 g/mol. The van der Waals surface area contributed by atoms with Crippen LogP contribution in [0.3, 0.4) is 0 Å². The minimum atomic E-state index is -0.771. The first-order valence-corrected chi connectivity index (χ1v) is 10.4. The predicted octanol–water partition coefficient (Wildman–Crippen LogP) is 3.16. The number of ether oxygens (including phenoxy) is 1. The Morgan fingerprint density at radius 1 is 1.47 bits per heavy atom. The topological polar surface area (TPSA) is 126 Å². The van der Waals surface area contributed by atoms with Crippen LogP contribution in [0, 0.1) is 21.4 Å². The summed E-state index contributed by atoms with van der Waals surface area (Å²) in [5.74, 6) is -0.600. The van der Waals surface area contributed by atoms with Gasteiger partial charge in [0.1, 0.15) is 23.4 Å². The van der Waals surface area contributed by atoms with Crippen LogP contribution in [0.4, 0.5) is 16.4 Å². The monoisotopic (exact) mass is 426 g/mol. The van der Waals surface area contributed by atoms with Gasteiger partial charge in [0.15, 0.2) is 6.10 Å². The first-order chi connectivity index (χ1) is 14.4. The molecule has 1 aliphatic carbocycles. The first kappa shape index (κ1) is 19.8. The second kappa shape index (κ2) is 7.76. The lowest BCUT2D eigenvalue weighted by molar-refractivity contribution is -0.384. The molecule has 2 heterocycles. The molecule has 1 aromatic heterocycles. The van der Waals surface area contributed by atoms with Crippen molar-refractivity contribution in [2.75, 3.05) is 16.8 Å². The number of carbonyl (C=O) groups excluding carboxylic acids is 2. The number of benzene rings is 1. The molecule has 2 aromatic rings. The van der Waals surface area contributed by atoms with E-state index in [9.17, 15) is 25.0 Å². The van der Waals surface area contributed by atoms with Gasteiger partial charge in [-0.3, -0.25) is 24.6 Å². The van der Waals surface area contributed by atoms with Gasteiger partial charge in [-0.05, 0) is 37.3 Å². The third kappa shape index (κ3) is 3.37. The van der Waals surface area contributed by atoms with Gasteiger partial charge in [0.25, 0.3) is 11.6 Å². The number of hydrogen-bond acceptors (Lipinski definition) is 7. The maximum Gasteiger partial charge on any atom is 0.271 e. The third-order valence-corrected chi connectivity index (χ3v) is 6.42. The molecule has 9 nitrogen and oxygen atoms in total. The number of fused-ring (bicyclic) bond motifs is 2. The number of rotatable bonds is 5. The number of nitrogens with zero attached hydrogens (tertiary/aromatic N) is 3. The molecule has 30 heavy (non-hydrogen) atoms. The van der Waals surface area contributed by atoms with Gasteiger partial charge in [-0.2, -0.15) is 5.26 Å². The molecule has 0 bridgehead atoms. The zero-order valence-corrected chi connectivity index (χ0v) is 17.0. The molecule has 10 heteroatoms. The van der Waals surface area contributed by atoms with Crippen LogP contribution < -0.4 is 15.0 Å². The fourth-order valence-electron chi connectivity index (χ4n) is 3.77. The highest BCUT2D eigenvalue weighted by molar-refractivity contribution is 7.16. The average Bonchev–Trinajstić information content (AvgIpc) is 3.30. The summed E-state index contributed by atoms with van der Waals surface area (Å²) in [6.07, 6.45) is 2.33. The van der Waals surface area contributed by atoms with Crippen molar-refractivity contribution in [3.05, 3.63) is 44.3 Å². The normalized spacial score (nSPS) is 17.0. The second-order valence-electron chi connectivity index (χ2n) is 7.07. The van der Waals surface area contributed by atoms with Crippen LogP contribution in [0.1, 0.15) is 35.8 Å². The fourth-order valence-corrected chi connectivity index (χ4v) is 5.02. The van der Waals surface area contributed by atoms with Crippen LogP contribution in [0.15, 0.2) is 18.2 Å². The summed E-state index contributed by atoms with van der Waals surface area (Å²) in [5, 5.41) is 23.9. The Morgan fingerprint density at radius 2 is 2.27 bits per heavy atom. The molecular formula is C20H18N4O5S. The number of amides is 2. The maximum absolute atomic E-state index is 12.8. The number of anilines is 2. The standard InChI is InChI=1S/C20H18N4O5S/c1-2-15-20(26)23(14-8-11(24(27)28)6-7-16(14)29-15)10-18(25)22-19-13(9-21)12-4-3-5-17(12)30-19/h6-8,15H,2-5,10H2,1H3,(H,22,25). The highest BCUT2D eigenvalue weighted by atomic mass is 32.1. The van der Waals surface area contributed by atoms with Crippen molar-refractivity contribution in [1.82, 2.24) is 0 Å². The summed E-state index contributed by atoms with van der Waals surface area (Å²) >= 11 is 1.39. The van der Waals surface area contributed by atoms with Crippen molar-refractivity contribution >= 4 is 39.5 Å². The molecule has 2 aliphatic rings. The number of thiophene rings is 1. The molecule has 1 unspecified atom stereocenters. The van der Waals surface area contributed by atoms with Gasteiger partial charge in [-0.15, -0.1) is 11.3 Å². The van der Waals surface area contributed by atoms with Gasteiger partial charge in [0.2, 0.25) is 5.91 Å². The Balaban J connectivity index is 1.61. The lowest BCUT2D eigenvalue weighted by atomic mass is 10.1. The van der Waals surface area contributed by atoms with Gasteiger partial charge in [-0.25, -0.2) is 0 Å². The molecule has 0 radical (unpaired) electrons. The molecule has 1 aliphatic heterocycles. The van der Waals surface area contributed by atoms with E-state index in [4.69, 9.17) is 4.74 Å². The largest absolute Gasteiger partial charge is 0.478 e. The second-order valence-corrected chi connectivity index (χ2v) is 8.17. The quantitative estimate of drug-likeness (QED) is 0.578. The van der Waals surface area contributed by atoms with E-state index in [1.165, 1.54) is 34.4 Å². The van der Waals surface area contributed by atoms with Crippen LogP contribution in [-0.4, -0.2) is 29.4 Å². The Morgan fingerprint density at radius 3 is 2.97 bits per heavy atom. The van der Waals surface area contributed by atoms with E-state index in [1.807, 2.05) is 0 Å². The van der Waals surface area contributed by atoms with E-state index in [1.54, 1.807) is 6.92 Å². The Bertz CT molecular complexity index is 1100. The van der Waals surface area contributed by atoms with Crippen LogP contribution in [0.5, 0.6) is 5.75 Å². The first-order valence-electron chi connectivity index (χ1n) is 9.53. The minimum absolute atomic E-state index is 0.184. The number of nitriles is 1. The lowest BCUT2D eigenvalue weighted by Crippen LogP contribution is -2.48. The zero-order chi connectivity index (χ0) is 21.4. The van der Waals surface area contributed by atoms with Crippen molar-refractivity contribution in [2.24, 2.45) is 0 Å². The Labute approximate surface area is 176 Å². The summed E-state index contributed by atoms with van der Waals surface area (Å²) in [7, 11) is 0. The van der Waals surface area contributed by atoms with E-state index in [2.05, 4.69) is 11.4 Å². The van der Waals surface area contributed by atoms with E-state index < -0.39 is 22.8 Å². The van der Waals surface area contributed by atoms with Crippen LogP contribution >= 0.6 is 11.3 Å². The minimum Gasteiger partial charge on any atom is -0.478 e. The maximum atomic E-state index is 12.8. The summed E-state index contributed by atoms with van der Waals surface area (Å²) in [6, 6.07) is 6.13. The molecule has 2 amide bonds. The van der Waals surface area contributed by atoms with Gasteiger partial charge in [0, 0.05) is 17.0 Å². The molecule has 4 rings (SSSR count). The van der Waals surface area contributed by atoms with E-state index in [-0.39, 0.29) is 17.9 Å². The number of hydrogen-bond donors (Lipinski definition) is 1. The summed E-state index contributed by atoms with van der Waals surface area (Å²) < 4.78 is 5.65. The number of non-ortho nitro benzene ring substituents is 1. The molecular weight excluding hydrogens is 408 g/mol. The Hall–Kier alpha value is -3.45. The SMILES string of the molecule is CCC1Oc2ccc([N+](=O)[O-])cc2N(CC(=O)Nc2sc3c(c2C#N)CCC3)C1=O. The van der Waals surface area contributed by atoms with Crippen molar-refractivity contribution in [2.45, 2.75) is 38.7 Å². The number of nitro groups is 1. The summed E-state index contributed by atoms with van der Waals surface area (Å²) in [5.41, 5.74) is 1.46. The number of aryl methyl sites for hydroxylation is 1. The molecule has 0 saturated heterocycles. The molecule has 1 N–H and O–H groups in total. The predicted molar refractivity (Wildman–Crippen MR) is 110 cm³/mol. The molecule has 0 fully saturated rings. The smallest absolute Gasteiger partial charge is 0.271 e. The third-order valence-electron chi connectivity index (χ3n) is 5.21. The van der Waals surface area contributed by atoms with Crippen molar-refractivity contribution in [3.8, 4) is 11.8 Å². The fraction of sp³-hybridized carbons (Fsp3) is 0.350. The van der Waals surface area contributed by atoms with Gasteiger partial charge >= 0.3 is 0 Å². The Kier molecular flexibility index (Phi) is 5.13. The molecule has 0 saturated carbocycles. The van der Waals surface area contributed by atoms with Crippen molar-refractivity contribution in [1.29, 1.82) is 5.26 Å². The molecule has 154 valence electrons. The van der Waals surface area contributed by atoms with Gasteiger partial charge in [0.05, 0.1) is 16.2 Å². The zero-order valence-electron chi connectivity index (χ0n) is 16.1. The number of carbonyl (C=O) groups is 2. The number of nitrogens with one attached hydrogen (secondary N) is 1. The molecule has 1 aromatic carbocycles. The van der Waals surface area contributed by atoms with Crippen LogP contribution in [-0.2, 0) is 22.4 Å². The van der Waals surface area contributed by atoms with E-state index >= 15 is 0 Å². The van der Waals surface area contributed by atoms with Crippen LogP contribution in [0.25, 0.3) is 0 Å². The molecule has 0 spiro atoms. The number of nitro benzene ring substituents is 1. The van der Waals surface area contributed by atoms with E-state index in [0.29, 0.717) is 22.7 Å². The highest BCUT2D eigenvalue weighted by Crippen LogP contribution is 2.39. The van der Waals surface area contributed by atoms with Crippen LogP contribution in [0.2, 0.25) is 0 Å². The summed E-state index contributed by atoms with van der Waals surface area (Å²) in [6.45, 7) is 1.45. The molecule has 1 atom stereocenters. The summed E-state index contributed by atoms with van der Waals surface area (Å²) in [4.78, 5) is 38.5.